The van der Waals surface area contributed by atoms with E-state index in [-0.39, 0.29) is 71.8 Å². The minimum absolute atomic E-state index is 0.122. The summed E-state index contributed by atoms with van der Waals surface area (Å²) >= 11 is 0. The van der Waals surface area contributed by atoms with Gasteiger partial charge < -0.3 is 50.2 Å². The summed E-state index contributed by atoms with van der Waals surface area (Å²) in [7, 11) is 1.61. The fourth-order valence-corrected chi connectivity index (χ4v) is 5.30. The van der Waals surface area contributed by atoms with Gasteiger partial charge >= 0.3 is 0 Å². The number of hydrogen-bond donors (Lipinski definition) is 6. The van der Waals surface area contributed by atoms with E-state index in [1.54, 1.807) is 7.11 Å². The molecule has 0 aromatic heterocycles. The average Bonchev–Trinajstić information content (AvgIpc) is 2.96. The number of phenolic OH excluding ortho intramolecular Hbond substituents is 2. The van der Waals surface area contributed by atoms with Crippen LogP contribution in [0.15, 0.2) is 48.5 Å². The molecule has 3 aromatic rings. The van der Waals surface area contributed by atoms with Crippen molar-refractivity contribution in [2.75, 3.05) is 43.6 Å². The molecule has 2 amide bonds. The third kappa shape index (κ3) is 6.61. The van der Waals surface area contributed by atoms with Gasteiger partial charge in [-0.3, -0.25) is 9.59 Å². The maximum absolute atomic E-state index is 13.0. The van der Waals surface area contributed by atoms with Gasteiger partial charge in [-0.2, -0.15) is 0 Å². The number of benzene rings is 3. The number of nitrogens with zero attached hydrogens (tertiary/aromatic N) is 1. The third-order valence-electron chi connectivity index (χ3n) is 7.39. The fourth-order valence-electron chi connectivity index (χ4n) is 5.30. The Labute approximate surface area is 248 Å². The number of nitrogens with one attached hydrogen (secondary N) is 2. The number of anilines is 2. The summed E-state index contributed by atoms with van der Waals surface area (Å²) in [6, 6.07) is 13.0. The van der Waals surface area contributed by atoms with Gasteiger partial charge in [-0.05, 0) is 50.1 Å². The Balaban J connectivity index is 1.35. The molecule has 2 heterocycles. The van der Waals surface area contributed by atoms with Crippen LogP contribution in [-0.2, 0) is 16.0 Å². The fraction of sp³-hybridized carbons (Fsp3) is 0.355. The zero-order chi connectivity index (χ0) is 30.9. The molecule has 5 rings (SSSR count). The van der Waals surface area contributed by atoms with E-state index in [9.17, 15) is 30.0 Å². The number of aliphatic hydroxyl groups excluding tert-OH is 2. The van der Waals surface area contributed by atoms with Crippen molar-refractivity contribution in [3.63, 3.8) is 0 Å². The number of fused-ring (bicyclic) bond motifs is 2. The number of hydrogen-bond acceptors (Lipinski definition) is 10. The first kappa shape index (κ1) is 30.0. The highest BCUT2D eigenvalue weighted by molar-refractivity contribution is 5.99. The molecule has 2 aliphatic heterocycles. The summed E-state index contributed by atoms with van der Waals surface area (Å²) in [5.41, 5.74) is 1.49. The van der Waals surface area contributed by atoms with E-state index >= 15 is 0 Å². The van der Waals surface area contributed by atoms with Crippen LogP contribution in [0.3, 0.4) is 0 Å². The van der Waals surface area contributed by atoms with Crippen molar-refractivity contribution < 1.29 is 44.2 Å². The van der Waals surface area contributed by atoms with Gasteiger partial charge in [0.15, 0.2) is 13.2 Å². The highest BCUT2D eigenvalue weighted by atomic mass is 16.5. The molecule has 3 aromatic carbocycles. The van der Waals surface area contributed by atoms with Crippen LogP contribution in [0.4, 0.5) is 11.4 Å². The third-order valence-corrected chi connectivity index (χ3v) is 7.39. The Bertz CT molecular complexity index is 1520. The van der Waals surface area contributed by atoms with Crippen molar-refractivity contribution in [3.8, 4) is 28.7 Å². The van der Waals surface area contributed by atoms with Crippen molar-refractivity contribution in [2.24, 2.45) is 0 Å². The van der Waals surface area contributed by atoms with Gasteiger partial charge in [-0.15, -0.1) is 0 Å². The van der Waals surface area contributed by atoms with Crippen molar-refractivity contribution >= 4 is 23.2 Å². The maximum Gasteiger partial charge on any atom is 0.265 e. The second-order valence-electron chi connectivity index (χ2n) is 11.2. The van der Waals surface area contributed by atoms with Gasteiger partial charge in [0.05, 0.1) is 31.1 Å². The quantitative estimate of drug-likeness (QED) is 0.205. The van der Waals surface area contributed by atoms with Crippen LogP contribution in [0.1, 0.15) is 42.7 Å². The van der Waals surface area contributed by atoms with Crippen LogP contribution in [0.5, 0.6) is 28.7 Å². The van der Waals surface area contributed by atoms with Crippen molar-refractivity contribution in [2.45, 2.75) is 38.0 Å². The summed E-state index contributed by atoms with van der Waals surface area (Å²) in [6.07, 6.45) is -1.78. The van der Waals surface area contributed by atoms with E-state index in [1.807, 2.05) is 38.1 Å². The smallest absolute Gasteiger partial charge is 0.265 e. The summed E-state index contributed by atoms with van der Waals surface area (Å²) < 4.78 is 16.5. The van der Waals surface area contributed by atoms with E-state index in [2.05, 4.69) is 10.6 Å². The second kappa shape index (κ2) is 12.0. The molecular weight excluding hydrogens is 558 g/mol. The number of amides is 2. The summed E-state index contributed by atoms with van der Waals surface area (Å²) in [5, 5.41) is 49.1. The van der Waals surface area contributed by atoms with E-state index in [1.165, 1.54) is 29.2 Å². The Hall–Kier alpha value is -4.52. The molecule has 12 nitrogen and oxygen atoms in total. The van der Waals surface area contributed by atoms with Gasteiger partial charge in [0, 0.05) is 35.3 Å². The summed E-state index contributed by atoms with van der Waals surface area (Å²) in [4.78, 5) is 26.0. The standard InChI is InChI=1S/C31H35N3O9/c1-31(2,12-17-4-6-20(41-3)7-5-17)32-13-25(37)21-9-19(36)11-24-30(21)43-16-28(40)34(24)14-26(38)22-8-18(35)10-23-29(22)42-15-27(39)33-23/h4-11,25-26,32,35-38H,12-16H2,1-3H3,(H,33,39)/t25-,26-/m0/s1. The lowest BCUT2D eigenvalue weighted by molar-refractivity contribution is -0.121. The van der Waals surface area contributed by atoms with E-state index in [0.717, 1.165) is 11.3 Å². The number of carbonyl (C=O) groups excluding carboxylic acids is 2. The number of phenols is 2. The maximum atomic E-state index is 13.0. The Morgan fingerprint density at radius 1 is 0.953 bits per heavy atom. The van der Waals surface area contributed by atoms with Crippen LogP contribution in [0.25, 0.3) is 0 Å². The number of aromatic hydroxyl groups is 2. The van der Waals surface area contributed by atoms with Crippen LogP contribution >= 0.6 is 0 Å². The molecule has 0 bridgehead atoms. The molecule has 2 aliphatic rings. The van der Waals surface area contributed by atoms with Gasteiger partial charge in [0.2, 0.25) is 0 Å². The molecule has 0 radical (unpaired) electrons. The number of methoxy groups -OCH3 is 1. The molecule has 0 saturated heterocycles. The van der Waals surface area contributed by atoms with Gasteiger partial charge in [0.25, 0.3) is 11.8 Å². The lowest BCUT2D eigenvalue weighted by Gasteiger charge is -2.34. The van der Waals surface area contributed by atoms with Crippen LogP contribution in [0.2, 0.25) is 0 Å². The SMILES string of the molecule is COc1ccc(CC(C)(C)NC[C@H](O)c2cc(O)cc3c2OCC(=O)N3C[C@H](O)c2cc(O)cc3c2OCC(=O)N3)cc1. The highest BCUT2D eigenvalue weighted by Crippen LogP contribution is 2.44. The molecule has 12 heteroatoms. The molecule has 0 fully saturated rings. The Kier molecular flexibility index (Phi) is 8.36. The number of β-amino-alcohol motifs (C(OH)–C–C–N with tert-alkyl or cyclic N) is 2. The zero-order valence-electron chi connectivity index (χ0n) is 24.1. The van der Waals surface area contributed by atoms with Gasteiger partial charge in [-0.1, -0.05) is 12.1 Å². The summed E-state index contributed by atoms with van der Waals surface area (Å²) in [6.45, 7) is 3.24. The number of ether oxygens (including phenoxy) is 3. The monoisotopic (exact) mass is 593 g/mol. The largest absolute Gasteiger partial charge is 0.508 e. The van der Waals surface area contributed by atoms with Gasteiger partial charge in [0.1, 0.15) is 34.9 Å². The van der Waals surface area contributed by atoms with Crippen molar-refractivity contribution in [1.82, 2.24) is 5.32 Å². The molecular formula is C31H35N3O9. The Morgan fingerprint density at radius 2 is 1.60 bits per heavy atom. The number of carbonyl (C=O) groups is 2. The lowest BCUT2D eigenvalue weighted by atomic mass is 9.94. The molecule has 0 saturated carbocycles. The average molecular weight is 594 g/mol. The number of aliphatic hydroxyl groups is 2. The molecule has 0 spiro atoms. The lowest BCUT2D eigenvalue weighted by Crippen LogP contribution is -2.44. The van der Waals surface area contributed by atoms with E-state index in [4.69, 9.17) is 14.2 Å². The predicted octanol–water partition coefficient (Wildman–Crippen LogP) is 2.54. The molecule has 0 aliphatic carbocycles. The topological polar surface area (TPSA) is 170 Å². The van der Waals surface area contributed by atoms with Crippen molar-refractivity contribution in [3.05, 3.63) is 65.2 Å². The molecule has 43 heavy (non-hydrogen) atoms. The van der Waals surface area contributed by atoms with Crippen LogP contribution in [0, 0.1) is 0 Å². The Morgan fingerprint density at radius 3 is 2.30 bits per heavy atom. The minimum Gasteiger partial charge on any atom is -0.508 e. The van der Waals surface area contributed by atoms with Gasteiger partial charge in [-0.25, -0.2) is 0 Å². The molecule has 2 atom stereocenters. The predicted molar refractivity (Wildman–Crippen MR) is 157 cm³/mol. The van der Waals surface area contributed by atoms with Crippen LogP contribution in [-0.4, -0.2) is 71.2 Å². The first-order chi connectivity index (χ1) is 20.4. The van der Waals surface area contributed by atoms with Crippen LogP contribution < -0.4 is 29.7 Å². The molecule has 0 unspecified atom stereocenters. The molecule has 228 valence electrons. The van der Waals surface area contributed by atoms with Crippen molar-refractivity contribution in [1.29, 1.82) is 0 Å². The van der Waals surface area contributed by atoms with E-state index < -0.39 is 29.6 Å². The minimum atomic E-state index is -1.35. The van der Waals surface area contributed by atoms with E-state index in [0.29, 0.717) is 6.42 Å². The summed E-state index contributed by atoms with van der Waals surface area (Å²) in [5.74, 6) is -0.159. The highest BCUT2D eigenvalue weighted by Gasteiger charge is 2.34. The second-order valence-corrected chi connectivity index (χ2v) is 11.2. The first-order valence-corrected chi connectivity index (χ1v) is 13.8. The first-order valence-electron chi connectivity index (χ1n) is 13.8. The zero-order valence-corrected chi connectivity index (χ0v) is 24.1. The normalized spacial score (nSPS) is 15.9. The number of rotatable bonds is 10. The molecule has 6 N–H and O–H groups in total.